The van der Waals surface area contributed by atoms with Gasteiger partial charge in [0.05, 0.1) is 11.9 Å². The maximum absolute atomic E-state index is 10.3. The molecule has 0 radical (unpaired) electrons. The Morgan fingerprint density at radius 3 is 2.43 bits per heavy atom. The molecule has 0 aromatic rings. The maximum atomic E-state index is 10.3. The van der Waals surface area contributed by atoms with Crippen LogP contribution in [0.5, 0.6) is 0 Å². The highest BCUT2D eigenvalue weighted by molar-refractivity contribution is 6.28. The first-order valence-electron chi connectivity index (χ1n) is 2.02. The molecular formula is C4H8ClNO. The van der Waals surface area contributed by atoms with Crippen LogP contribution in [-0.4, -0.2) is 17.7 Å². The second-order valence-electron chi connectivity index (χ2n) is 1.39. The molecular weight excluding hydrogens is 114 g/mol. The van der Waals surface area contributed by atoms with E-state index in [9.17, 15) is 4.79 Å². The van der Waals surface area contributed by atoms with Gasteiger partial charge in [-0.25, -0.2) is 0 Å². The number of ketones is 1. The molecule has 0 aliphatic heterocycles. The van der Waals surface area contributed by atoms with Crippen molar-refractivity contribution >= 4 is 17.4 Å². The average Bonchev–Trinajstić information content (AvgIpc) is 1.65. The Balaban J connectivity index is 3.35. The van der Waals surface area contributed by atoms with Crippen molar-refractivity contribution < 1.29 is 4.79 Å². The lowest BCUT2D eigenvalue weighted by Gasteiger charge is -1.95. The molecule has 3 heteroatoms. The molecule has 0 unspecified atom stereocenters. The van der Waals surface area contributed by atoms with Crippen LogP contribution in [0.15, 0.2) is 0 Å². The third kappa shape index (κ3) is 2.60. The highest BCUT2D eigenvalue weighted by Crippen LogP contribution is 1.81. The zero-order chi connectivity index (χ0) is 5.86. The summed E-state index contributed by atoms with van der Waals surface area (Å²) in [7, 11) is 0. The monoisotopic (exact) mass is 121 g/mol. The van der Waals surface area contributed by atoms with Crippen LogP contribution in [0, 0.1) is 0 Å². The number of Topliss-reactive ketones (excluding diaryl/α,β-unsaturated/α-hetero) is 1. The summed E-state index contributed by atoms with van der Waals surface area (Å²) in [5, 5.41) is 0. The molecule has 0 aromatic heterocycles. The molecule has 0 amide bonds. The largest absolute Gasteiger partial charge is 0.322 e. The van der Waals surface area contributed by atoms with Gasteiger partial charge in [0.15, 0.2) is 5.78 Å². The minimum Gasteiger partial charge on any atom is -0.322 e. The van der Waals surface area contributed by atoms with Gasteiger partial charge >= 0.3 is 0 Å². The molecule has 1 atom stereocenters. The molecule has 0 aliphatic rings. The molecule has 0 spiro atoms. The van der Waals surface area contributed by atoms with E-state index in [0.29, 0.717) is 0 Å². The van der Waals surface area contributed by atoms with Crippen LogP contribution in [0.3, 0.4) is 0 Å². The first-order chi connectivity index (χ1) is 3.18. The molecule has 2 N–H and O–H groups in total. The summed E-state index contributed by atoms with van der Waals surface area (Å²) in [4.78, 5) is 10.3. The van der Waals surface area contributed by atoms with Crippen LogP contribution < -0.4 is 5.73 Å². The number of hydrogen-bond acceptors (Lipinski definition) is 2. The third-order valence-corrected chi connectivity index (χ3v) is 0.903. The Kier molecular flexibility index (Phi) is 2.96. The Morgan fingerprint density at radius 2 is 2.43 bits per heavy atom. The number of carbonyl (C=O) groups is 1. The molecule has 42 valence electrons. The van der Waals surface area contributed by atoms with E-state index in [1.54, 1.807) is 6.92 Å². The molecule has 0 aromatic carbocycles. The van der Waals surface area contributed by atoms with E-state index >= 15 is 0 Å². The van der Waals surface area contributed by atoms with E-state index in [4.69, 9.17) is 17.3 Å². The number of halogens is 1. The highest BCUT2D eigenvalue weighted by Gasteiger charge is 2.02. The van der Waals surface area contributed by atoms with Gasteiger partial charge in [-0.1, -0.05) is 0 Å². The summed E-state index contributed by atoms with van der Waals surface area (Å²) in [6.45, 7) is 1.62. The summed E-state index contributed by atoms with van der Waals surface area (Å²) < 4.78 is 0. The van der Waals surface area contributed by atoms with E-state index in [0.717, 1.165) is 0 Å². The predicted octanol–water partition coefficient (Wildman–Crippen LogP) is 0.142. The molecule has 0 rings (SSSR count). The summed E-state index contributed by atoms with van der Waals surface area (Å²) in [6, 6.07) is -0.405. The summed E-state index contributed by atoms with van der Waals surface area (Å²) in [5.74, 6) is -0.0841. The third-order valence-electron chi connectivity index (χ3n) is 0.640. The van der Waals surface area contributed by atoms with Gasteiger partial charge in [-0.15, -0.1) is 11.6 Å². The van der Waals surface area contributed by atoms with Gasteiger partial charge in [0, 0.05) is 0 Å². The summed E-state index contributed by atoms with van der Waals surface area (Å²) in [6.07, 6.45) is 0. The molecule has 0 bridgehead atoms. The van der Waals surface area contributed by atoms with Crippen LogP contribution in [-0.2, 0) is 4.79 Å². The fourth-order valence-corrected chi connectivity index (χ4v) is 0.365. The molecule has 7 heavy (non-hydrogen) atoms. The topological polar surface area (TPSA) is 43.1 Å². The standard InChI is InChI=1S/C4H8ClNO/c1-3(6)4(7)2-5/h3H,2,6H2,1H3/t3-/m1/s1. The van der Waals surface area contributed by atoms with Gasteiger partial charge in [0.25, 0.3) is 0 Å². The van der Waals surface area contributed by atoms with Crippen molar-refractivity contribution in [3.8, 4) is 0 Å². The zero-order valence-corrected chi connectivity index (χ0v) is 4.90. The van der Waals surface area contributed by atoms with Crippen LogP contribution in [0.1, 0.15) is 6.92 Å². The lowest BCUT2D eigenvalue weighted by atomic mass is 10.3. The number of nitrogens with two attached hydrogens (primary N) is 1. The predicted molar refractivity (Wildman–Crippen MR) is 29.4 cm³/mol. The molecule has 0 heterocycles. The van der Waals surface area contributed by atoms with Crippen molar-refractivity contribution in [3.05, 3.63) is 0 Å². The molecule has 2 nitrogen and oxygen atoms in total. The summed E-state index contributed by atoms with van der Waals surface area (Å²) >= 11 is 5.12. The van der Waals surface area contributed by atoms with Crippen molar-refractivity contribution in [1.82, 2.24) is 0 Å². The Labute approximate surface area is 47.6 Å². The van der Waals surface area contributed by atoms with Crippen molar-refractivity contribution in [2.75, 3.05) is 5.88 Å². The van der Waals surface area contributed by atoms with E-state index in [1.807, 2.05) is 0 Å². The van der Waals surface area contributed by atoms with Crippen molar-refractivity contribution in [1.29, 1.82) is 0 Å². The van der Waals surface area contributed by atoms with Gasteiger partial charge in [-0.05, 0) is 6.92 Å². The van der Waals surface area contributed by atoms with Crippen LogP contribution >= 0.6 is 11.6 Å². The minimum atomic E-state index is -0.405. The van der Waals surface area contributed by atoms with Crippen LogP contribution in [0.2, 0.25) is 0 Å². The number of hydrogen-bond donors (Lipinski definition) is 1. The van der Waals surface area contributed by atoms with E-state index in [2.05, 4.69) is 0 Å². The first-order valence-corrected chi connectivity index (χ1v) is 2.56. The average molecular weight is 122 g/mol. The molecule has 0 fully saturated rings. The molecule has 0 saturated heterocycles. The molecule has 0 aliphatic carbocycles. The number of rotatable bonds is 2. The van der Waals surface area contributed by atoms with Gasteiger partial charge in [0.2, 0.25) is 0 Å². The fraction of sp³-hybridized carbons (Fsp3) is 0.750. The number of carbonyl (C=O) groups excluding carboxylic acids is 1. The Bertz CT molecular complexity index is 72.1. The quantitative estimate of drug-likeness (QED) is 0.529. The fourth-order valence-electron chi connectivity index (χ4n) is 0.122. The smallest absolute Gasteiger partial charge is 0.163 e. The SMILES string of the molecule is C[C@@H](N)C(=O)CCl. The normalized spacial score (nSPS) is 13.6. The van der Waals surface area contributed by atoms with Crippen LogP contribution in [0.4, 0.5) is 0 Å². The van der Waals surface area contributed by atoms with E-state index in [1.165, 1.54) is 0 Å². The van der Waals surface area contributed by atoms with Crippen molar-refractivity contribution in [2.24, 2.45) is 5.73 Å². The number of alkyl halides is 1. The van der Waals surface area contributed by atoms with Gasteiger partial charge in [-0.3, -0.25) is 4.79 Å². The first kappa shape index (κ1) is 6.92. The minimum absolute atomic E-state index is 0.0255. The lowest BCUT2D eigenvalue weighted by Crippen LogP contribution is -2.27. The van der Waals surface area contributed by atoms with E-state index in [-0.39, 0.29) is 11.7 Å². The molecule has 0 saturated carbocycles. The lowest BCUT2D eigenvalue weighted by molar-refractivity contribution is -0.117. The van der Waals surface area contributed by atoms with E-state index < -0.39 is 6.04 Å². The van der Waals surface area contributed by atoms with Gasteiger partial charge in [-0.2, -0.15) is 0 Å². The van der Waals surface area contributed by atoms with Crippen molar-refractivity contribution in [2.45, 2.75) is 13.0 Å². The van der Waals surface area contributed by atoms with Crippen molar-refractivity contribution in [3.63, 3.8) is 0 Å². The maximum Gasteiger partial charge on any atom is 0.163 e. The Hall–Kier alpha value is -0.0800. The van der Waals surface area contributed by atoms with Gasteiger partial charge in [0.1, 0.15) is 0 Å². The highest BCUT2D eigenvalue weighted by atomic mass is 35.5. The second-order valence-corrected chi connectivity index (χ2v) is 1.66. The van der Waals surface area contributed by atoms with Gasteiger partial charge < -0.3 is 5.73 Å². The summed E-state index contributed by atoms with van der Waals surface area (Å²) in [5.41, 5.74) is 5.11. The second kappa shape index (κ2) is 2.99. The Morgan fingerprint density at radius 1 is 2.00 bits per heavy atom. The zero-order valence-electron chi connectivity index (χ0n) is 4.15. The van der Waals surface area contributed by atoms with Crippen LogP contribution in [0.25, 0.3) is 0 Å².